The van der Waals surface area contributed by atoms with Crippen LogP contribution < -0.4 is 5.32 Å². The van der Waals surface area contributed by atoms with Crippen LogP contribution in [0.25, 0.3) is 11.0 Å². The van der Waals surface area contributed by atoms with Gasteiger partial charge in [0, 0.05) is 11.6 Å². The first-order valence-electron chi connectivity index (χ1n) is 6.95. The molecular weight excluding hydrogens is 297 g/mol. The molecule has 2 N–H and O–H groups in total. The lowest BCUT2D eigenvalue weighted by Crippen LogP contribution is -2.41. The van der Waals surface area contributed by atoms with Gasteiger partial charge in [0.1, 0.15) is 17.8 Å². The van der Waals surface area contributed by atoms with Crippen LogP contribution in [0.5, 0.6) is 0 Å². The molecule has 1 aliphatic rings. The van der Waals surface area contributed by atoms with Gasteiger partial charge in [-0.05, 0) is 32.3 Å². The van der Waals surface area contributed by atoms with Gasteiger partial charge in [0.05, 0.1) is 11.3 Å². The quantitative estimate of drug-likeness (QED) is 0.895. The molecule has 0 saturated heterocycles. The van der Waals surface area contributed by atoms with Crippen molar-refractivity contribution in [2.75, 3.05) is 5.32 Å². The standard InChI is InChI=1S/C14H15F3N4O/c1-6-7(2)20-11-10(6)12(19-5-18-11)21-13(22)8-3-9(4-8)14(15,16)17/h5,8-9H,3-4H2,1-2H3,(H2,18,19,20,21,22). The summed E-state index contributed by atoms with van der Waals surface area (Å²) in [6.45, 7) is 3.75. The number of H-pyrrole nitrogens is 1. The normalized spacial score (nSPS) is 21.7. The van der Waals surface area contributed by atoms with E-state index < -0.39 is 23.9 Å². The number of carbonyl (C=O) groups is 1. The number of nitrogens with zero attached hydrogens (tertiary/aromatic N) is 2. The lowest BCUT2D eigenvalue weighted by Gasteiger charge is -2.35. The minimum absolute atomic E-state index is 0.158. The minimum atomic E-state index is -4.21. The van der Waals surface area contributed by atoms with Crippen molar-refractivity contribution in [1.82, 2.24) is 15.0 Å². The molecule has 0 bridgehead atoms. The Balaban J connectivity index is 1.76. The molecule has 3 rings (SSSR count). The van der Waals surface area contributed by atoms with Gasteiger partial charge in [0.2, 0.25) is 5.91 Å². The Labute approximate surface area is 124 Å². The number of hydrogen-bond acceptors (Lipinski definition) is 3. The average Bonchev–Trinajstić information content (AvgIpc) is 2.62. The van der Waals surface area contributed by atoms with Crippen LogP contribution in [-0.2, 0) is 4.79 Å². The number of amides is 1. The second-order valence-electron chi connectivity index (χ2n) is 5.72. The molecule has 2 heterocycles. The summed E-state index contributed by atoms with van der Waals surface area (Å²) in [6.07, 6.45) is -3.22. The third-order valence-corrected chi connectivity index (χ3v) is 4.30. The van der Waals surface area contributed by atoms with Gasteiger partial charge in [0.15, 0.2) is 0 Å². The average molecular weight is 312 g/mol. The number of nitrogens with one attached hydrogen (secondary N) is 2. The van der Waals surface area contributed by atoms with E-state index in [2.05, 4.69) is 20.3 Å². The summed E-state index contributed by atoms with van der Waals surface area (Å²) in [5.74, 6) is -2.06. The van der Waals surface area contributed by atoms with E-state index in [9.17, 15) is 18.0 Å². The largest absolute Gasteiger partial charge is 0.391 e. The highest BCUT2D eigenvalue weighted by atomic mass is 19.4. The minimum Gasteiger partial charge on any atom is -0.343 e. The van der Waals surface area contributed by atoms with Gasteiger partial charge >= 0.3 is 6.18 Å². The van der Waals surface area contributed by atoms with Gasteiger partial charge < -0.3 is 10.3 Å². The predicted octanol–water partition coefficient (Wildman–Crippen LogP) is 3.10. The fraction of sp³-hybridized carbons (Fsp3) is 0.500. The number of aromatic nitrogens is 3. The third-order valence-electron chi connectivity index (χ3n) is 4.30. The Morgan fingerprint density at radius 3 is 2.64 bits per heavy atom. The summed E-state index contributed by atoms with van der Waals surface area (Å²) in [6, 6.07) is 0. The van der Waals surface area contributed by atoms with E-state index in [0.29, 0.717) is 16.9 Å². The molecule has 1 amide bonds. The molecule has 0 spiro atoms. The number of fused-ring (bicyclic) bond motifs is 1. The summed E-state index contributed by atoms with van der Waals surface area (Å²) >= 11 is 0. The van der Waals surface area contributed by atoms with Crippen molar-refractivity contribution in [3.05, 3.63) is 17.6 Å². The molecule has 0 atom stereocenters. The number of alkyl halides is 3. The Bertz CT molecular complexity index is 731. The molecule has 2 aromatic heterocycles. The molecular formula is C14H15F3N4O. The Kier molecular flexibility index (Phi) is 3.34. The summed E-state index contributed by atoms with van der Waals surface area (Å²) in [4.78, 5) is 23.3. The van der Waals surface area contributed by atoms with E-state index in [0.717, 1.165) is 11.3 Å². The van der Waals surface area contributed by atoms with Crippen LogP contribution >= 0.6 is 0 Å². The van der Waals surface area contributed by atoms with Crippen LogP contribution in [0.15, 0.2) is 6.33 Å². The van der Waals surface area contributed by atoms with Gasteiger partial charge in [-0.3, -0.25) is 4.79 Å². The van der Waals surface area contributed by atoms with Crippen LogP contribution in [0.1, 0.15) is 24.1 Å². The third kappa shape index (κ3) is 2.42. The lowest BCUT2D eigenvalue weighted by atomic mass is 9.74. The first-order valence-corrected chi connectivity index (χ1v) is 6.95. The Morgan fingerprint density at radius 1 is 1.32 bits per heavy atom. The van der Waals surface area contributed by atoms with Crippen LogP contribution in [0, 0.1) is 25.7 Å². The second kappa shape index (κ2) is 4.96. The molecule has 118 valence electrons. The maximum atomic E-state index is 12.5. The molecule has 8 heteroatoms. The van der Waals surface area contributed by atoms with Crippen LogP contribution in [0.3, 0.4) is 0 Å². The summed E-state index contributed by atoms with van der Waals surface area (Å²) < 4.78 is 37.4. The summed E-state index contributed by atoms with van der Waals surface area (Å²) in [5, 5.41) is 3.33. The molecule has 1 saturated carbocycles. The highest BCUT2D eigenvalue weighted by Crippen LogP contribution is 2.45. The maximum Gasteiger partial charge on any atom is 0.391 e. The van der Waals surface area contributed by atoms with E-state index in [1.165, 1.54) is 6.33 Å². The molecule has 22 heavy (non-hydrogen) atoms. The van der Waals surface area contributed by atoms with Crippen molar-refractivity contribution < 1.29 is 18.0 Å². The molecule has 1 aliphatic carbocycles. The molecule has 0 radical (unpaired) electrons. The highest BCUT2D eigenvalue weighted by Gasteiger charge is 2.50. The number of aryl methyl sites for hydroxylation is 2. The van der Waals surface area contributed by atoms with E-state index in [4.69, 9.17) is 0 Å². The van der Waals surface area contributed by atoms with Crippen LogP contribution in [0.4, 0.5) is 19.0 Å². The first-order chi connectivity index (χ1) is 10.3. The first kappa shape index (κ1) is 14.8. The maximum absolute atomic E-state index is 12.5. The SMILES string of the molecule is Cc1[nH]c2ncnc(NC(=O)C3CC(C(F)(F)F)C3)c2c1C. The fourth-order valence-corrected chi connectivity index (χ4v) is 2.71. The second-order valence-corrected chi connectivity index (χ2v) is 5.72. The van der Waals surface area contributed by atoms with Crippen molar-refractivity contribution >= 4 is 22.8 Å². The summed E-state index contributed by atoms with van der Waals surface area (Å²) in [5.41, 5.74) is 2.42. The smallest absolute Gasteiger partial charge is 0.343 e. The van der Waals surface area contributed by atoms with Gasteiger partial charge in [-0.15, -0.1) is 0 Å². The van der Waals surface area contributed by atoms with Crippen molar-refractivity contribution in [3.63, 3.8) is 0 Å². The number of carbonyl (C=O) groups excluding carboxylic acids is 1. The predicted molar refractivity (Wildman–Crippen MR) is 74.3 cm³/mol. The van der Waals surface area contributed by atoms with Crippen molar-refractivity contribution in [3.8, 4) is 0 Å². The zero-order valence-electron chi connectivity index (χ0n) is 12.1. The van der Waals surface area contributed by atoms with Crippen molar-refractivity contribution in [2.24, 2.45) is 11.8 Å². The van der Waals surface area contributed by atoms with Crippen molar-refractivity contribution in [1.29, 1.82) is 0 Å². The zero-order valence-corrected chi connectivity index (χ0v) is 12.1. The van der Waals surface area contributed by atoms with Crippen LogP contribution in [0.2, 0.25) is 0 Å². The number of hydrogen-bond donors (Lipinski definition) is 2. The topological polar surface area (TPSA) is 70.7 Å². The molecule has 0 aromatic carbocycles. The van der Waals surface area contributed by atoms with Gasteiger partial charge in [-0.2, -0.15) is 13.2 Å². The monoisotopic (exact) mass is 312 g/mol. The van der Waals surface area contributed by atoms with Gasteiger partial charge in [-0.1, -0.05) is 0 Å². The molecule has 0 aliphatic heterocycles. The van der Waals surface area contributed by atoms with Gasteiger partial charge in [-0.25, -0.2) is 9.97 Å². The Hall–Kier alpha value is -2.12. The Morgan fingerprint density at radius 2 is 2.00 bits per heavy atom. The van der Waals surface area contributed by atoms with Gasteiger partial charge in [0.25, 0.3) is 0 Å². The molecule has 0 unspecified atom stereocenters. The lowest BCUT2D eigenvalue weighted by molar-refractivity contribution is -0.203. The number of rotatable bonds is 2. The number of halogens is 3. The molecule has 2 aromatic rings. The molecule has 5 nitrogen and oxygen atoms in total. The summed E-state index contributed by atoms with van der Waals surface area (Å²) in [7, 11) is 0. The number of aromatic amines is 1. The van der Waals surface area contributed by atoms with Crippen molar-refractivity contribution in [2.45, 2.75) is 32.9 Å². The van der Waals surface area contributed by atoms with E-state index in [-0.39, 0.29) is 12.8 Å². The fourth-order valence-electron chi connectivity index (χ4n) is 2.71. The molecule has 1 fully saturated rings. The van der Waals surface area contributed by atoms with E-state index in [1.54, 1.807) is 0 Å². The number of anilines is 1. The van der Waals surface area contributed by atoms with Crippen LogP contribution in [-0.4, -0.2) is 27.0 Å². The highest BCUT2D eigenvalue weighted by molar-refractivity contribution is 6.01. The zero-order chi connectivity index (χ0) is 16.1. The van der Waals surface area contributed by atoms with E-state index in [1.807, 2.05) is 13.8 Å². The van der Waals surface area contributed by atoms with E-state index >= 15 is 0 Å².